The molecule has 0 amide bonds. The van der Waals surface area contributed by atoms with Crippen LogP contribution in [-0.4, -0.2) is 15.0 Å². The maximum atomic E-state index is 5.24. The molecule has 61 heavy (non-hydrogen) atoms. The Labute approximate surface area is 355 Å². The van der Waals surface area contributed by atoms with Crippen molar-refractivity contribution in [2.24, 2.45) is 0 Å². The SMILES string of the molecule is CC1(C)c2ccccc2-c2ccc(-c3ccc(-c4nc(-c5ccc(-c6cccnc6)cc5)cc(-c5ccc(-c6ccc7c8c(cccc68)-c6ccccc6-7)cc5)n4)cc3)cc21. The Morgan fingerprint density at radius 1 is 0.344 bits per heavy atom. The van der Waals surface area contributed by atoms with Crippen molar-refractivity contribution in [2.75, 3.05) is 0 Å². The molecule has 0 bridgehead atoms. The third kappa shape index (κ3) is 5.69. The second-order valence-corrected chi connectivity index (χ2v) is 16.8. The molecule has 12 rings (SSSR count). The molecule has 0 saturated carbocycles. The highest BCUT2D eigenvalue weighted by atomic mass is 14.9. The van der Waals surface area contributed by atoms with Gasteiger partial charge in [0.05, 0.1) is 11.4 Å². The summed E-state index contributed by atoms with van der Waals surface area (Å²) in [5, 5.41) is 2.61. The van der Waals surface area contributed by atoms with Gasteiger partial charge in [-0.1, -0.05) is 184 Å². The van der Waals surface area contributed by atoms with Crippen LogP contribution in [0.1, 0.15) is 25.0 Å². The maximum absolute atomic E-state index is 5.24. The summed E-state index contributed by atoms with van der Waals surface area (Å²) in [7, 11) is 0. The van der Waals surface area contributed by atoms with E-state index in [1.165, 1.54) is 77.5 Å². The van der Waals surface area contributed by atoms with Crippen LogP contribution in [0.4, 0.5) is 0 Å². The van der Waals surface area contributed by atoms with Crippen molar-refractivity contribution in [2.45, 2.75) is 19.3 Å². The van der Waals surface area contributed by atoms with Crippen LogP contribution in [0.3, 0.4) is 0 Å². The molecule has 0 aliphatic heterocycles. The van der Waals surface area contributed by atoms with Crippen molar-refractivity contribution in [3.63, 3.8) is 0 Å². The zero-order valence-corrected chi connectivity index (χ0v) is 33.9. The summed E-state index contributed by atoms with van der Waals surface area (Å²) in [5.41, 5.74) is 22.4. The van der Waals surface area contributed by atoms with E-state index >= 15 is 0 Å². The molecule has 2 aliphatic carbocycles. The smallest absolute Gasteiger partial charge is 0.160 e. The molecule has 0 atom stereocenters. The van der Waals surface area contributed by atoms with Crippen LogP contribution in [0.15, 0.2) is 200 Å². The fourth-order valence-electron chi connectivity index (χ4n) is 9.82. The summed E-state index contributed by atoms with van der Waals surface area (Å²) in [6.45, 7) is 4.67. The third-order valence-corrected chi connectivity index (χ3v) is 13.0. The molecule has 0 N–H and O–H groups in total. The Morgan fingerprint density at radius 3 is 1.56 bits per heavy atom. The minimum atomic E-state index is -0.0525. The first-order valence-corrected chi connectivity index (χ1v) is 21.0. The second kappa shape index (κ2) is 13.7. The molecular weight excluding hydrogens is 739 g/mol. The molecule has 0 spiro atoms. The summed E-state index contributed by atoms with van der Waals surface area (Å²) in [5.74, 6) is 0.692. The van der Waals surface area contributed by atoms with Gasteiger partial charge in [-0.3, -0.25) is 4.98 Å². The lowest BCUT2D eigenvalue weighted by Gasteiger charge is -2.22. The Morgan fingerprint density at radius 2 is 0.869 bits per heavy atom. The number of rotatable bonds is 6. The van der Waals surface area contributed by atoms with Crippen LogP contribution < -0.4 is 0 Å². The van der Waals surface area contributed by atoms with Gasteiger partial charge in [-0.05, 0) is 107 Å². The van der Waals surface area contributed by atoms with Crippen molar-refractivity contribution < 1.29 is 0 Å². The molecule has 0 fully saturated rings. The average Bonchev–Trinajstić information content (AvgIpc) is 3.78. The van der Waals surface area contributed by atoms with E-state index in [0.29, 0.717) is 5.82 Å². The second-order valence-electron chi connectivity index (χ2n) is 16.8. The van der Waals surface area contributed by atoms with Crippen LogP contribution >= 0.6 is 0 Å². The van der Waals surface area contributed by atoms with Gasteiger partial charge >= 0.3 is 0 Å². The predicted octanol–water partition coefficient (Wildman–Crippen LogP) is 15.0. The quantitative estimate of drug-likeness (QED) is 0.169. The fraction of sp³-hybridized carbons (Fsp3) is 0.0517. The molecule has 0 unspecified atom stereocenters. The van der Waals surface area contributed by atoms with Crippen LogP contribution in [0.2, 0.25) is 0 Å². The lowest BCUT2D eigenvalue weighted by Crippen LogP contribution is -2.14. The molecule has 0 radical (unpaired) electrons. The minimum absolute atomic E-state index is 0.0525. The zero-order valence-electron chi connectivity index (χ0n) is 33.9. The molecular formula is C58H39N3. The number of nitrogens with zero attached hydrogens (tertiary/aromatic N) is 3. The van der Waals surface area contributed by atoms with Crippen LogP contribution in [-0.2, 0) is 5.41 Å². The number of hydrogen-bond acceptors (Lipinski definition) is 3. The summed E-state index contributed by atoms with van der Waals surface area (Å²) >= 11 is 0. The summed E-state index contributed by atoms with van der Waals surface area (Å²) in [6.07, 6.45) is 3.70. The van der Waals surface area contributed by atoms with Crippen LogP contribution in [0.5, 0.6) is 0 Å². The Balaban J connectivity index is 0.917. The lowest BCUT2D eigenvalue weighted by atomic mass is 9.81. The summed E-state index contributed by atoms with van der Waals surface area (Å²) in [6, 6.07) is 68.1. The van der Waals surface area contributed by atoms with E-state index < -0.39 is 0 Å². The highest BCUT2D eigenvalue weighted by Gasteiger charge is 2.35. The largest absolute Gasteiger partial charge is 0.264 e. The van der Waals surface area contributed by atoms with Gasteiger partial charge in [0, 0.05) is 34.5 Å². The zero-order chi connectivity index (χ0) is 40.7. The fourth-order valence-corrected chi connectivity index (χ4v) is 9.82. The van der Waals surface area contributed by atoms with Crippen molar-refractivity contribution in [3.05, 3.63) is 212 Å². The van der Waals surface area contributed by atoms with E-state index in [2.05, 4.69) is 201 Å². The molecule has 0 saturated heterocycles. The molecule has 8 aromatic carbocycles. The standard InChI is InChI=1S/C58H39N3/c1-58(2)52-15-6-5-12-47(52)48-29-28-42(33-53(48)58)36-18-26-41(27-19-36)57-60-54(39-22-16-37(17-23-39)43-9-8-32-59-35-43)34-55(61-57)40-24-20-38(21-25-40)44-30-31-51-46-11-4-3-10-45(46)50-14-7-13-49(44)56(50)51/h3-35H,1-2H3. The molecule has 2 heterocycles. The Bertz CT molecular complexity index is 3320. The Kier molecular flexibility index (Phi) is 7.88. The van der Waals surface area contributed by atoms with Crippen molar-refractivity contribution >= 4 is 10.8 Å². The highest BCUT2D eigenvalue weighted by Crippen LogP contribution is 2.51. The lowest BCUT2D eigenvalue weighted by molar-refractivity contribution is 0.660. The van der Waals surface area contributed by atoms with Gasteiger partial charge in [-0.25, -0.2) is 9.97 Å². The predicted molar refractivity (Wildman–Crippen MR) is 252 cm³/mol. The van der Waals surface area contributed by atoms with Gasteiger partial charge in [0.2, 0.25) is 0 Å². The van der Waals surface area contributed by atoms with Gasteiger partial charge in [0.25, 0.3) is 0 Å². The van der Waals surface area contributed by atoms with Gasteiger partial charge in [0.15, 0.2) is 5.82 Å². The van der Waals surface area contributed by atoms with Crippen molar-refractivity contribution in [3.8, 4) is 101 Å². The third-order valence-electron chi connectivity index (χ3n) is 13.0. The monoisotopic (exact) mass is 777 g/mol. The first-order chi connectivity index (χ1) is 30.0. The van der Waals surface area contributed by atoms with Gasteiger partial charge < -0.3 is 0 Å². The van der Waals surface area contributed by atoms with E-state index in [-0.39, 0.29) is 5.41 Å². The summed E-state index contributed by atoms with van der Waals surface area (Å²) < 4.78 is 0. The minimum Gasteiger partial charge on any atom is -0.264 e. The van der Waals surface area contributed by atoms with Gasteiger partial charge in [0.1, 0.15) is 0 Å². The van der Waals surface area contributed by atoms with Gasteiger partial charge in [-0.15, -0.1) is 0 Å². The number of aromatic nitrogens is 3. The first-order valence-electron chi connectivity index (χ1n) is 21.0. The topological polar surface area (TPSA) is 38.7 Å². The molecule has 10 aromatic rings. The number of benzene rings is 8. The highest BCUT2D eigenvalue weighted by molar-refractivity contribution is 6.18. The molecule has 2 aliphatic rings. The number of hydrogen-bond donors (Lipinski definition) is 0. The van der Waals surface area contributed by atoms with E-state index in [0.717, 1.165) is 39.2 Å². The number of pyridine rings is 1. The maximum Gasteiger partial charge on any atom is 0.160 e. The van der Waals surface area contributed by atoms with E-state index in [4.69, 9.17) is 9.97 Å². The average molecular weight is 778 g/mol. The normalized spacial score (nSPS) is 12.9. The van der Waals surface area contributed by atoms with E-state index in [1.807, 2.05) is 12.3 Å². The van der Waals surface area contributed by atoms with Crippen molar-refractivity contribution in [1.82, 2.24) is 15.0 Å². The Hall–Kier alpha value is -7.75. The van der Waals surface area contributed by atoms with Crippen LogP contribution in [0, 0.1) is 0 Å². The summed E-state index contributed by atoms with van der Waals surface area (Å²) in [4.78, 5) is 14.8. The number of fused-ring (bicyclic) bond motifs is 6. The molecule has 3 nitrogen and oxygen atoms in total. The van der Waals surface area contributed by atoms with E-state index in [9.17, 15) is 0 Å². The van der Waals surface area contributed by atoms with Crippen molar-refractivity contribution in [1.29, 1.82) is 0 Å². The molecule has 286 valence electrons. The molecule has 2 aromatic heterocycles. The van der Waals surface area contributed by atoms with Gasteiger partial charge in [-0.2, -0.15) is 0 Å². The van der Waals surface area contributed by atoms with Crippen LogP contribution in [0.25, 0.3) is 111 Å². The van der Waals surface area contributed by atoms with E-state index in [1.54, 1.807) is 6.20 Å². The molecule has 3 heteroatoms. The first kappa shape index (κ1) is 35.2.